The van der Waals surface area contributed by atoms with Gasteiger partial charge in [-0.25, -0.2) is 0 Å². The lowest BCUT2D eigenvalue weighted by Crippen LogP contribution is -2.49. The molecule has 2 atom stereocenters. The summed E-state index contributed by atoms with van der Waals surface area (Å²) >= 11 is 0. The largest absolute Gasteiger partial charge is 0.355 e. The molecule has 0 spiro atoms. The SMILES string of the molecule is CN1CCC(NC2CCC(=O)NC2)C1. The molecule has 0 aromatic heterocycles. The highest BCUT2D eigenvalue weighted by atomic mass is 16.1. The number of piperidine rings is 1. The molecule has 2 N–H and O–H groups in total. The van der Waals surface area contributed by atoms with Crippen LogP contribution in [0.15, 0.2) is 0 Å². The van der Waals surface area contributed by atoms with Crippen LogP contribution in [0.2, 0.25) is 0 Å². The van der Waals surface area contributed by atoms with Crippen LogP contribution in [0.3, 0.4) is 0 Å². The molecule has 2 aliphatic rings. The van der Waals surface area contributed by atoms with Crippen molar-refractivity contribution in [3.8, 4) is 0 Å². The van der Waals surface area contributed by atoms with E-state index in [1.54, 1.807) is 0 Å². The van der Waals surface area contributed by atoms with E-state index < -0.39 is 0 Å². The third kappa shape index (κ3) is 2.45. The molecule has 0 aliphatic carbocycles. The average Bonchev–Trinajstić information content (AvgIpc) is 2.56. The zero-order chi connectivity index (χ0) is 9.97. The van der Waals surface area contributed by atoms with Crippen LogP contribution in [0, 0.1) is 0 Å². The second-order valence-electron chi connectivity index (χ2n) is 4.45. The second kappa shape index (κ2) is 4.28. The highest BCUT2D eigenvalue weighted by Gasteiger charge is 2.24. The van der Waals surface area contributed by atoms with Gasteiger partial charge in [0.25, 0.3) is 0 Å². The van der Waals surface area contributed by atoms with Gasteiger partial charge < -0.3 is 15.5 Å². The van der Waals surface area contributed by atoms with Crippen LogP contribution in [-0.4, -0.2) is 49.6 Å². The Labute approximate surface area is 85.0 Å². The van der Waals surface area contributed by atoms with E-state index in [9.17, 15) is 4.79 Å². The monoisotopic (exact) mass is 197 g/mol. The fourth-order valence-electron chi connectivity index (χ4n) is 2.28. The Kier molecular flexibility index (Phi) is 3.03. The summed E-state index contributed by atoms with van der Waals surface area (Å²) in [6, 6.07) is 1.12. The third-order valence-electron chi connectivity index (χ3n) is 3.13. The van der Waals surface area contributed by atoms with Gasteiger partial charge in [0.05, 0.1) is 0 Å². The molecule has 0 saturated carbocycles. The van der Waals surface area contributed by atoms with Crippen LogP contribution >= 0.6 is 0 Å². The summed E-state index contributed by atoms with van der Waals surface area (Å²) in [5.74, 6) is 0.201. The molecule has 2 heterocycles. The third-order valence-corrected chi connectivity index (χ3v) is 3.13. The average molecular weight is 197 g/mol. The van der Waals surface area contributed by atoms with Crippen LogP contribution in [0.4, 0.5) is 0 Å². The second-order valence-corrected chi connectivity index (χ2v) is 4.45. The number of rotatable bonds is 2. The Morgan fingerprint density at radius 1 is 1.43 bits per heavy atom. The molecule has 0 bridgehead atoms. The lowest BCUT2D eigenvalue weighted by Gasteiger charge is -2.26. The van der Waals surface area contributed by atoms with E-state index in [2.05, 4.69) is 22.6 Å². The van der Waals surface area contributed by atoms with Crippen molar-refractivity contribution in [2.75, 3.05) is 26.7 Å². The van der Waals surface area contributed by atoms with Gasteiger partial charge in [0, 0.05) is 31.6 Å². The standard InChI is InChI=1S/C10H19N3O/c1-13-5-4-9(7-13)12-8-2-3-10(14)11-6-8/h8-9,12H,2-7H2,1H3,(H,11,14). The van der Waals surface area contributed by atoms with Crippen LogP contribution in [-0.2, 0) is 4.79 Å². The molecule has 2 rings (SSSR count). The number of hydrogen-bond acceptors (Lipinski definition) is 3. The first-order chi connectivity index (χ1) is 6.74. The summed E-state index contributed by atoms with van der Waals surface area (Å²) in [6.07, 6.45) is 2.91. The van der Waals surface area contributed by atoms with Crippen molar-refractivity contribution in [2.45, 2.75) is 31.3 Å². The van der Waals surface area contributed by atoms with Crippen molar-refractivity contribution >= 4 is 5.91 Å². The topological polar surface area (TPSA) is 44.4 Å². The molecule has 80 valence electrons. The van der Waals surface area contributed by atoms with Crippen LogP contribution < -0.4 is 10.6 Å². The lowest BCUT2D eigenvalue weighted by atomic mass is 10.1. The summed E-state index contributed by atoms with van der Waals surface area (Å²) in [6.45, 7) is 3.14. The van der Waals surface area contributed by atoms with Gasteiger partial charge in [-0.3, -0.25) is 4.79 Å². The van der Waals surface area contributed by atoms with Crippen molar-refractivity contribution in [3.63, 3.8) is 0 Å². The molecule has 1 amide bonds. The fourth-order valence-corrected chi connectivity index (χ4v) is 2.28. The van der Waals surface area contributed by atoms with E-state index >= 15 is 0 Å². The first-order valence-corrected chi connectivity index (χ1v) is 5.45. The van der Waals surface area contributed by atoms with Crippen molar-refractivity contribution < 1.29 is 4.79 Å². The molecular formula is C10H19N3O. The van der Waals surface area contributed by atoms with E-state index in [1.165, 1.54) is 13.0 Å². The number of nitrogens with zero attached hydrogens (tertiary/aromatic N) is 1. The van der Waals surface area contributed by atoms with Gasteiger partial charge in [0.15, 0.2) is 0 Å². The Morgan fingerprint density at radius 3 is 2.86 bits per heavy atom. The first kappa shape index (κ1) is 9.93. The molecule has 4 heteroatoms. The zero-order valence-electron chi connectivity index (χ0n) is 8.75. The van der Waals surface area contributed by atoms with E-state index in [0.717, 1.165) is 19.5 Å². The number of likely N-dealkylation sites (tertiary alicyclic amines) is 1. The van der Waals surface area contributed by atoms with Gasteiger partial charge in [-0.1, -0.05) is 0 Å². The van der Waals surface area contributed by atoms with Crippen molar-refractivity contribution in [2.24, 2.45) is 0 Å². The predicted octanol–water partition coefficient (Wildman–Crippen LogP) is -0.441. The molecule has 2 unspecified atom stereocenters. The quantitative estimate of drug-likeness (QED) is 0.631. The summed E-state index contributed by atoms with van der Waals surface area (Å²) in [5.41, 5.74) is 0. The van der Waals surface area contributed by atoms with Gasteiger partial charge in [-0.15, -0.1) is 0 Å². The minimum atomic E-state index is 0.201. The maximum absolute atomic E-state index is 11.0. The van der Waals surface area contributed by atoms with Gasteiger partial charge in [-0.05, 0) is 26.4 Å². The Hall–Kier alpha value is -0.610. The summed E-state index contributed by atoms with van der Waals surface area (Å²) in [5, 5.41) is 6.51. The van der Waals surface area contributed by atoms with E-state index in [-0.39, 0.29) is 5.91 Å². The van der Waals surface area contributed by atoms with Crippen LogP contribution in [0.5, 0.6) is 0 Å². The molecule has 0 aromatic rings. The molecule has 0 radical (unpaired) electrons. The number of carbonyl (C=O) groups excluding carboxylic acids is 1. The minimum absolute atomic E-state index is 0.201. The zero-order valence-corrected chi connectivity index (χ0v) is 8.75. The van der Waals surface area contributed by atoms with Crippen molar-refractivity contribution in [1.29, 1.82) is 0 Å². The summed E-state index contributed by atoms with van der Waals surface area (Å²) < 4.78 is 0. The van der Waals surface area contributed by atoms with Gasteiger partial charge in [0.2, 0.25) is 5.91 Å². The fraction of sp³-hybridized carbons (Fsp3) is 0.900. The maximum Gasteiger partial charge on any atom is 0.220 e. The van der Waals surface area contributed by atoms with Gasteiger partial charge in [0.1, 0.15) is 0 Å². The molecule has 2 fully saturated rings. The van der Waals surface area contributed by atoms with Gasteiger partial charge >= 0.3 is 0 Å². The normalized spacial score (nSPS) is 34.5. The molecular weight excluding hydrogens is 178 g/mol. The van der Waals surface area contributed by atoms with Crippen molar-refractivity contribution in [3.05, 3.63) is 0 Å². The molecule has 14 heavy (non-hydrogen) atoms. The highest BCUT2D eigenvalue weighted by Crippen LogP contribution is 2.10. The Morgan fingerprint density at radius 2 is 2.29 bits per heavy atom. The Bertz CT molecular complexity index is 209. The van der Waals surface area contributed by atoms with E-state index in [1.807, 2.05) is 0 Å². The smallest absolute Gasteiger partial charge is 0.220 e. The number of hydrogen-bond donors (Lipinski definition) is 2. The van der Waals surface area contributed by atoms with Crippen molar-refractivity contribution in [1.82, 2.24) is 15.5 Å². The molecule has 4 nitrogen and oxygen atoms in total. The maximum atomic E-state index is 11.0. The van der Waals surface area contributed by atoms with Crippen LogP contribution in [0.25, 0.3) is 0 Å². The number of likely N-dealkylation sites (N-methyl/N-ethyl adjacent to an activating group) is 1. The first-order valence-electron chi connectivity index (χ1n) is 5.45. The number of amides is 1. The summed E-state index contributed by atoms with van der Waals surface area (Å²) in [7, 11) is 2.16. The number of nitrogens with one attached hydrogen (secondary N) is 2. The predicted molar refractivity (Wildman–Crippen MR) is 55.1 cm³/mol. The lowest BCUT2D eigenvalue weighted by molar-refractivity contribution is -0.122. The molecule has 2 aliphatic heterocycles. The minimum Gasteiger partial charge on any atom is -0.355 e. The Balaban J connectivity index is 1.72. The molecule has 0 aromatic carbocycles. The highest BCUT2D eigenvalue weighted by molar-refractivity contribution is 5.76. The molecule has 2 saturated heterocycles. The number of carbonyl (C=O) groups is 1. The van der Waals surface area contributed by atoms with Gasteiger partial charge in [-0.2, -0.15) is 0 Å². The summed E-state index contributed by atoms with van der Waals surface area (Å²) in [4.78, 5) is 13.3. The van der Waals surface area contributed by atoms with E-state index in [4.69, 9.17) is 0 Å². The van der Waals surface area contributed by atoms with E-state index in [0.29, 0.717) is 18.5 Å². The van der Waals surface area contributed by atoms with Crippen LogP contribution in [0.1, 0.15) is 19.3 Å².